The van der Waals surface area contributed by atoms with Gasteiger partial charge in [0.05, 0.1) is 28.4 Å². The molecule has 0 aromatic carbocycles. The summed E-state index contributed by atoms with van der Waals surface area (Å²) in [7, 11) is 4.59. The maximum atomic E-state index is 10.7. The molecule has 10 radical (unpaired) electrons. The topological polar surface area (TPSA) is 145 Å². The van der Waals surface area contributed by atoms with E-state index in [1.165, 1.54) is 0 Å². The van der Waals surface area contributed by atoms with Crippen LogP contribution in [-0.4, -0.2) is 52.3 Å². The molecule has 0 aromatic rings. The average Bonchev–Trinajstić information content (AvgIpc) is 3.76. The molecule has 2 fully saturated rings. The molecule has 218 valence electrons. The quantitative estimate of drug-likeness (QED) is 0.0769. The van der Waals surface area contributed by atoms with E-state index in [9.17, 15) is 19.2 Å². The van der Waals surface area contributed by atoms with E-state index in [4.69, 9.17) is 9.30 Å². The molecule has 0 atom stereocenters. The van der Waals surface area contributed by atoms with Gasteiger partial charge in [-0.1, -0.05) is 0 Å². The minimum Gasteiger partial charge on any atom is -0.0312 e. The summed E-state index contributed by atoms with van der Waals surface area (Å²) in [6.45, 7) is 9.00. The van der Waals surface area contributed by atoms with Gasteiger partial charge in [-0.25, -0.2) is 19.2 Å². The first kappa shape index (κ1) is 51.8. The molecule has 16 heteroatoms. The number of rotatable bonds is 4. The SMILES string of the molecule is COC(=O)/C([S-])=C(/[S-])C(=O)OC.COC(=O)/C([S-])=C(/[S-])C(=O)OC.[C-]#[O+].[C-]#[O+].[CH]1[CH][CH][CH][CH]1.[CH]1[CH][CH][CH][CH]1.[Mo].[Mo]. The van der Waals surface area contributed by atoms with E-state index in [0.717, 1.165) is 28.4 Å². The third kappa shape index (κ3) is 28.6. The summed E-state index contributed by atoms with van der Waals surface area (Å²) in [5.74, 6) is -3.22. The Balaban J connectivity index is -0.0000000955. The average molecular weight is 791 g/mol. The molecule has 0 N–H and O–H groups in total. The van der Waals surface area contributed by atoms with Gasteiger partial charge in [0.15, 0.2) is 0 Å². The number of esters is 4. The molecular weight excluding hydrogens is 768 g/mol. The Hall–Kier alpha value is -0.903. The second-order valence-electron chi connectivity index (χ2n) is 5.21. The summed E-state index contributed by atoms with van der Waals surface area (Å²) in [5.41, 5.74) is 0. The number of methoxy groups -OCH3 is 4. The van der Waals surface area contributed by atoms with Gasteiger partial charge < -0.3 is 69.5 Å². The zero-order valence-electron chi connectivity index (χ0n) is 21.3. The van der Waals surface area contributed by atoms with E-state index in [0.29, 0.717) is 0 Å². The van der Waals surface area contributed by atoms with Crippen molar-refractivity contribution in [3.63, 3.8) is 0 Å². The molecule has 0 aromatic heterocycles. The van der Waals surface area contributed by atoms with Crippen molar-refractivity contribution in [1.29, 1.82) is 0 Å². The third-order valence-corrected chi connectivity index (χ3v) is 4.75. The zero-order valence-corrected chi connectivity index (χ0v) is 28.6. The van der Waals surface area contributed by atoms with Crippen LogP contribution in [0.25, 0.3) is 0 Å². The Morgan fingerprint density at radius 1 is 0.425 bits per heavy atom. The van der Waals surface area contributed by atoms with Crippen molar-refractivity contribution in [2.24, 2.45) is 0 Å². The Bertz CT molecular complexity index is 679. The fraction of sp³-hybridized carbons (Fsp3) is 0.167. The van der Waals surface area contributed by atoms with Crippen LogP contribution in [0.3, 0.4) is 0 Å². The van der Waals surface area contributed by atoms with Crippen LogP contribution in [0.2, 0.25) is 0 Å². The monoisotopic (exact) mass is 794 g/mol. The number of carbonyl (C=O) groups is 4. The van der Waals surface area contributed by atoms with E-state index in [1.807, 2.05) is 64.2 Å². The molecule has 2 aliphatic carbocycles. The molecule has 0 unspecified atom stereocenters. The number of carbonyl (C=O) groups excluding carboxylic acids is 4. The zero-order chi connectivity index (χ0) is 30.5. The summed E-state index contributed by atoms with van der Waals surface area (Å²) < 4.78 is 32.0. The second kappa shape index (κ2) is 38.1. The van der Waals surface area contributed by atoms with Crippen molar-refractivity contribution in [2.45, 2.75) is 0 Å². The summed E-state index contributed by atoms with van der Waals surface area (Å²) in [6.07, 6.45) is 20.0. The van der Waals surface area contributed by atoms with Crippen molar-refractivity contribution in [1.82, 2.24) is 0 Å². The number of hydrogen-bond donors (Lipinski definition) is 0. The van der Waals surface area contributed by atoms with Crippen LogP contribution < -0.4 is 0 Å². The van der Waals surface area contributed by atoms with Gasteiger partial charge in [0, 0.05) is 42.1 Å². The van der Waals surface area contributed by atoms with Gasteiger partial charge in [-0.2, -0.15) is 0 Å². The Morgan fingerprint density at radius 2 is 0.525 bits per heavy atom. The van der Waals surface area contributed by atoms with Gasteiger partial charge in [0.1, 0.15) is 0 Å². The Kier molecular flexibility index (Phi) is 49.3. The van der Waals surface area contributed by atoms with E-state index >= 15 is 0 Å². The fourth-order valence-corrected chi connectivity index (χ4v) is 2.05. The molecule has 2 rings (SSSR count). The van der Waals surface area contributed by atoms with Gasteiger partial charge in [-0.3, -0.25) is 0 Å². The molecule has 2 aliphatic rings. The van der Waals surface area contributed by atoms with E-state index in [1.54, 1.807) is 0 Å². The van der Waals surface area contributed by atoms with Gasteiger partial charge in [-0.15, -0.1) is 19.6 Å². The van der Waals surface area contributed by atoms with Gasteiger partial charge in [0.2, 0.25) is 0 Å². The molecule has 0 amide bonds. The van der Waals surface area contributed by atoms with E-state index < -0.39 is 23.9 Å². The number of hydrogen-bond acceptors (Lipinski definition) is 12. The van der Waals surface area contributed by atoms with E-state index in [-0.39, 0.29) is 61.8 Å². The van der Waals surface area contributed by atoms with Crippen LogP contribution in [-0.2, 0) is 140 Å². The molecule has 40 heavy (non-hydrogen) atoms. The summed E-state index contributed by atoms with van der Waals surface area (Å²) in [5, 5.41) is 0. The second-order valence-corrected chi connectivity index (χ2v) is 6.84. The Labute approximate surface area is 287 Å². The number of ether oxygens (including phenoxy) is 4. The predicted octanol–water partition coefficient (Wildman–Crippen LogP) is 1.24. The van der Waals surface area contributed by atoms with Crippen LogP contribution in [0.15, 0.2) is 19.6 Å². The van der Waals surface area contributed by atoms with Crippen LogP contribution in [0.4, 0.5) is 0 Å². The van der Waals surface area contributed by atoms with Crippen molar-refractivity contribution in [3.05, 3.63) is 97.1 Å². The van der Waals surface area contributed by atoms with Crippen LogP contribution >= 0.6 is 0 Å². The predicted molar refractivity (Wildman–Crippen MR) is 142 cm³/mol. The van der Waals surface area contributed by atoms with Crippen LogP contribution in [0.1, 0.15) is 0 Å². The van der Waals surface area contributed by atoms with Crippen LogP contribution in [0.5, 0.6) is 0 Å². The van der Waals surface area contributed by atoms with Crippen molar-refractivity contribution < 1.29 is 89.6 Å². The fourth-order valence-electron chi connectivity index (χ4n) is 1.38. The molecular formula is C24H22Mo2O10S4-4. The standard InChI is InChI=1S/2C6H8O4S2.2C5H5.2CO.2Mo/c2*1-9-5(7)3(11)4(12)6(8)10-2;2*1-2-4-5-3-1;2*1-2;;/h2*11-12H,1-2H3;2*1-5H;;;;/p-4/b2*4-3-;;;;;;. The first-order chi connectivity index (χ1) is 18.1. The molecule has 0 saturated heterocycles. The maximum Gasteiger partial charge on any atom is 0 e. The first-order valence-electron chi connectivity index (χ1n) is 9.32. The maximum absolute atomic E-state index is 10.7. The van der Waals surface area contributed by atoms with Crippen LogP contribution in [0, 0.1) is 77.5 Å². The van der Waals surface area contributed by atoms with E-state index in [2.05, 4.69) is 82.8 Å². The molecule has 2 saturated carbocycles. The summed E-state index contributed by atoms with van der Waals surface area (Å²) in [6, 6.07) is 0. The van der Waals surface area contributed by atoms with Crippen molar-refractivity contribution in [3.8, 4) is 0 Å². The van der Waals surface area contributed by atoms with Gasteiger partial charge >= 0.3 is 46.5 Å². The minimum absolute atomic E-state index is 0. The molecule has 0 bridgehead atoms. The largest absolute Gasteiger partial charge is 0.0312 e. The summed E-state index contributed by atoms with van der Waals surface area (Å²) in [4.78, 5) is 41.5. The summed E-state index contributed by atoms with van der Waals surface area (Å²) >= 11 is 18.1. The van der Waals surface area contributed by atoms with Gasteiger partial charge in [-0.05, 0) is 64.2 Å². The normalized spacial score (nSPS) is 13.0. The minimum atomic E-state index is -0.805. The smallest absolute Gasteiger partial charge is 0 e. The Morgan fingerprint density at radius 3 is 0.600 bits per heavy atom. The van der Waals surface area contributed by atoms with Crippen molar-refractivity contribution in [2.75, 3.05) is 28.4 Å². The molecule has 10 nitrogen and oxygen atoms in total. The van der Waals surface area contributed by atoms with Crippen molar-refractivity contribution >= 4 is 74.4 Å². The first-order valence-corrected chi connectivity index (χ1v) is 11.0. The molecule has 0 aliphatic heterocycles. The molecule has 0 heterocycles. The molecule has 0 spiro atoms. The third-order valence-electron chi connectivity index (χ3n) is 3.01. The van der Waals surface area contributed by atoms with Gasteiger partial charge in [0.25, 0.3) is 0 Å².